The van der Waals surface area contributed by atoms with E-state index in [1.54, 1.807) is 12.1 Å². The van der Waals surface area contributed by atoms with Gasteiger partial charge in [0.05, 0.1) is 18.8 Å². The van der Waals surface area contributed by atoms with Crippen LogP contribution < -0.4 is 0 Å². The number of hydrogen-bond donors (Lipinski definition) is 1. The molecule has 0 saturated carbocycles. The predicted octanol–water partition coefficient (Wildman–Crippen LogP) is 3.08. The molecular weight excluding hydrogens is 228 g/mol. The Bertz CT molecular complexity index is 617. The Morgan fingerprint density at radius 1 is 1.06 bits per heavy atom. The molecule has 0 radical (unpaired) electrons. The summed E-state index contributed by atoms with van der Waals surface area (Å²) in [5.41, 5.74) is 4.34. The van der Waals surface area contributed by atoms with Crippen LogP contribution in [-0.2, 0) is 18.0 Å². The minimum Gasteiger partial charge on any atom is -0.478 e. The van der Waals surface area contributed by atoms with E-state index < -0.39 is 5.97 Å². The number of rotatable bonds is 2. The Labute approximate surface area is 105 Å². The number of benzene rings is 2. The number of carboxylic acids is 1. The Hall–Kier alpha value is -2.13. The average Bonchev–Trinajstić information content (AvgIpc) is 2.85. The lowest BCUT2D eigenvalue weighted by molar-refractivity contribution is 0.0697. The van der Waals surface area contributed by atoms with Gasteiger partial charge >= 0.3 is 5.97 Å². The lowest BCUT2D eigenvalue weighted by Crippen LogP contribution is -1.99. The van der Waals surface area contributed by atoms with Crippen LogP contribution in [0.2, 0.25) is 0 Å². The zero-order chi connectivity index (χ0) is 12.5. The van der Waals surface area contributed by atoms with Crippen LogP contribution in [0.5, 0.6) is 0 Å². The van der Waals surface area contributed by atoms with Crippen LogP contribution in [0.25, 0.3) is 11.1 Å². The molecule has 3 heteroatoms. The smallest absolute Gasteiger partial charge is 0.336 e. The van der Waals surface area contributed by atoms with Crippen LogP contribution in [0.15, 0.2) is 42.5 Å². The lowest BCUT2D eigenvalue weighted by Gasteiger charge is -2.07. The molecule has 0 bridgehead atoms. The fourth-order valence-electron chi connectivity index (χ4n) is 2.26. The summed E-state index contributed by atoms with van der Waals surface area (Å²) < 4.78 is 5.37. The predicted molar refractivity (Wildman–Crippen MR) is 67.3 cm³/mol. The molecule has 0 aromatic heterocycles. The van der Waals surface area contributed by atoms with Gasteiger partial charge in [-0.1, -0.05) is 30.3 Å². The SMILES string of the molecule is O=C(O)c1ccccc1-c1ccc2c(c1)COC2. The third-order valence-electron chi connectivity index (χ3n) is 3.19. The van der Waals surface area contributed by atoms with Crippen molar-refractivity contribution in [1.29, 1.82) is 0 Å². The van der Waals surface area contributed by atoms with E-state index in [9.17, 15) is 9.90 Å². The summed E-state index contributed by atoms with van der Waals surface area (Å²) in [6.45, 7) is 1.26. The number of fused-ring (bicyclic) bond motifs is 1. The molecule has 1 aliphatic heterocycles. The summed E-state index contributed by atoms with van der Waals surface area (Å²) in [5.74, 6) is -0.901. The van der Waals surface area contributed by atoms with E-state index in [0.717, 1.165) is 16.7 Å². The third kappa shape index (κ3) is 1.79. The summed E-state index contributed by atoms with van der Waals surface area (Å²) in [4.78, 5) is 11.2. The van der Waals surface area contributed by atoms with E-state index in [1.807, 2.05) is 30.3 Å². The Kier molecular flexibility index (Phi) is 2.61. The van der Waals surface area contributed by atoms with Crippen LogP contribution in [0.3, 0.4) is 0 Å². The number of ether oxygens (including phenoxy) is 1. The highest BCUT2D eigenvalue weighted by atomic mass is 16.5. The summed E-state index contributed by atoms with van der Waals surface area (Å²) >= 11 is 0. The zero-order valence-corrected chi connectivity index (χ0v) is 9.72. The summed E-state index contributed by atoms with van der Waals surface area (Å²) in [6, 6.07) is 13.0. The number of hydrogen-bond acceptors (Lipinski definition) is 2. The minimum absolute atomic E-state index is 0.330. The Balaban J connectivity index is 2.13. The molecule has 0 aliphatic carbocycles. The molecule has 1 aliphatic rings. The van der Waals surface area contributed by atoms with Gasteiger partial charge in [-0.3, -0.25) is 0 Å². The van der Waals surface area contributed by atoms with Crippen molar-refractivity contribution in [1.82, 2.24) is 0 Å². The van der Waals surface area contributed by atoms with Gasteiger partial charge in [0.1, 0.15) is 0 Å². The first-order valence-corrected chi connectivity index (χ1v) is 5.78. The van der Waals surface area contributed by atoms with E-state index in [2.05, 4.69) is 0 Å². The highest BCUT2D eigenvalue weighted by Crippen LogP contribution is 2.29. The maximum absolute atomic E-state index is 11.2. The van der Waals surface area contributed by atoms with E-state index in [4.69, 9.17) is 4.74 Å². The van der Waals surface area contributed by atoms with Crippen LogP contribution >= 0.6 is 0 Å². The molecule has 2 aromatic carbocycles. The minimum atomic E-state index is -0.901. The van der Waals surface area contributed by atoms with Crippen molar-refractivity contribution in [3.63, 3.8) is 0 Å². The average molecular weight is 240 g/mol. The van der Waals surface area contributed by atoms with Crippen LogP contribution in [0.1, 0.15) is 21.5 Å². The van der Waals surface area contributed by atoms with Gasteiger partial charge in [0.2, 0.25) is 0 Å². The van der Waals surface area contributed by atoms with Gasteiger partial charge in [0.25, 0.3) is 0 Å². The van der Waals surface area contributed by atoms with E-state index in [0.29, 0.717) is 18.8 Å². The van der Waals surface area contributed by atoms with E-state index in [-0.39, 0.29) is 0 Å². The fourth-order valence-corrected chi connectivity index (χ4v) is 2.26. The van der Waals surface area contributed by atoms with Gasteiger partial charge < -0.3 is 9.84 Å². The second-order valence-electron chi connectivity index (χ2n) is 4.33. The largest absolute Gasteiger partial charge is 0.478 e. The maximum Gasteiger partial charge on any atom is 0.336 e. The van der Waals surface area contributed by atoms with Crippen LogP contribution in [0, 0.1) is 0 Å². The Morgan fingerprint density at radius 3 is 2.67 bits per heavy atom. The van der Waals surface area contributed by atoms with Crippen molar-refractivity contribution >= 4 is 5.97 Å². The fraction of sp³-hybridized carbons (Fsp3) is 0.133. The number of aromatic carboxylic acids is 1. The van der Waals surface area contributed by atoms with E-state index in [1.165, 1.54) is 5.56 Å². The molecule has 0 amide bonds. The summed E-state index contributed by atoms with van der Waals surface area (Å²) in [5, 5.41) is 9.20. The van der Waals surface area contributed by atoms with Gasteiger partial charge in [0.15, 0.2) is 0 Å². The molecule has 0 saturated heterocycles. The van der Waals surface area contributed by atoms with Crippen LogP contribution in [0.4, 0.5) is 0 Å². The molecule has 0 unspecified atom stereocenters. The van der Waals surface area contributed by atoms with Crippen LogP contribution in [-0.4, -0.2) is 11.1 Å². The molecule has 18 heavy (non-hydrogen) atoms. The third-order valence-corrected chi connectivity index (χ3v) is 3.19. The van der Waals surface area contributed by atoms with Gasteiger partial charge in [0, 0.05) is 0 Å². The summed E-state index contributed by atoms with van der Waals surface area (Å²) in [6.07, 6.45) is 0. The number of carboxylic acid groups (broad SMARTS) is 1. The molecule has 2 aromatic rings. The first kappa shape index (κ1) is 11.0. The van der Waals surface area contributed by atoms with Gasteiger partial charge in [-0.15, -0.1) is 0 Å². The van der Waals surface area contributed by atoms with Crippen molar-refractivity contribution in [2.24, 2.45) is 0 Å². The molecular formula is C15H12O3. The van der Waals surface area contributed by atoms with Crippen molar-refractivity contribution in [3.05, 3.63) is 59.2 Å². The van der Waals surface area contributed by atoms with Gasteiger partial charge in [-0.05, 0) is 34.4 Å². The van der Waals surface area contributed by atoms with Gasteiger partial charge in [-0.2, -0.15) is 0 Å². The Morgan fingerprint density at radius 2 is 1.83 bits per heavy atom. The molecule has 1 N–H and O–H groups in total. The molecule has 3 rings (SSSR count). The zero-order valence-electron chi connectivity index (χ0n) is 9.72. The molecule has 0 spiro atoms. The number of carbonyl (C=O) groups is 1. The first-order valence-electron chi connectivity index (χ1n) is 5.78. The monoisotopic (exact) mass is 240 g/mol. The molecule has 90 valence electrons. The van der Waals surface area contributed by atoms with Crippen molar-refractivity contribution < 1.29 is 14.6 Å². The maximum atomic E-state index is 11.2. The van der Waals surface area contributed by atoms with E-state index >= 15 is 0 Å². The topological polar surface area (TPSA) is 46.5 Å². The van der Waals surface area contributed by atoms with Crippen molar-refractivity contribution in [2.75, 3.05) is 0 Å². The normalized spacial score (nSPS) is 13.3. The quantitative estimate of drug-likeness (QED) is 0.877. The molecule has 1 heterocycles. The van der Waals surface area contributed by atoms with Crippen molar-refractivity contribution in [2.45, 2.75) is 13.2 Å². The molecule has 0 fully saturated rings. The van der Waals surface area contributed by atoms with Crippen molar-refractivity contribution in [3.8, 4) is 11.1 Å². The second-order valence-corrected chi connectivity index (χ2v) is 4.33. The lowest BCUT2D eigenvalue weighted by atomic mass is 9.97. The standard InChI is InChI=1S/C15H12O3/c16-15(17)14-4-2-1-3-13(14)10-5-6-11-8-18-9-12(11)7-10/h1-7H,8-9H2,(H,16,17). The molecule has 3 nitrogen and oxygen atoms in total. The summed E-state index contributed by atoms with van der Waals surface area (Å²) in [7, 11) is 0. The highest BCUT2D eigenvalue weighted by molar-refractivity contribution is 5.96. The first-order chi connectivity index (χ1) is 8.75. The second kappa shape index (κ2) is 4.27. The highest BCUT2D eigenvalue weighted by Gasteiger charge is 2.15. The van der Waals surface area contributed by atoms with Gasteiger partial charge in [-0.25, -0.2) is 4.79 Å². The molecule has 0 atom stereocenters.